The summed E-state index contributed by atoms with van der Waals surface area (Å²) in [6.45, 7) is 2.15. The van der Waals surface area contributed by atoms with Crippen molar-refractivity contribution < 1.29 is 19.1 Å². The molecule has 0 saturated carbocycles. The quantitative estimate of drug-likeness (QED) is 0.476. The predicted molar refractivity (Wildman–Crippen MR) is 103 cm³/mol. The number of esters is 2. The van der Waals surface area contributed by atoms with E-state index in [4.69, 9.17) is 9.47 Å². The van der Waals surface area contributed by atoms with Crippen molar-refractivity contribution >= 4 is 11.9 Å². The van der Waals surface area contributed by atoms with Crippen LogP contribution in [0, 0.1) is 6.92 Å². The number of hydrogen-bond donors (Lipinski definition) is 0. The summed E-state index contributed by atoms with van der Waals surface area (Å²) in [5.41, 5.74) is 2.70. The van der Waals surface area contributed by atoms with Crippen molar-refractivity contribution in [2.75, 3.05) is 6.61 Å². The van der Waals surface area contributed by atoms with E-state index in [-0.39, 0.29) is 17.9 Å². The van der Waals surface area contributed by atoms with Crippen molar-refractivity contribution in [1.29, 1.82) is 0 Å². The first-order chi connectivity index (χ1) is 13.1. The van der Waals surface area contributed by atoms with Gasteiger partial charge in [-0.2, -0.15) is 0 Å². The first-order valence-corrected chi connectivity index (χ1v) is 8.72. The molecule has 0 heterocycles. The molecule has 0 N–H and O–H groups in total. The third-order valence-electron chi connectivity index (χ3n) is 4.03. The van der Waals surface area contributed by atoms with E-state index < -0.39 is 11.9 Å². The topological polar surface area (TPSA) is 52.6 Å². The fraction of sp³-hybridized carbons (Fsp3) is 0.130. The van der Waals surface area contributed by atoms with Crippen molar-refractivity contribution in [3.8, 4) is 5.75 Å². The molecule has 0 aliphatic rings. The normalized spacial score (nSPS) is 10.3. The Labute approximate surface area is 158 Å². The first kappa shape index (κ1) is 18.4. The van der Waals surface area contributed by atoms with Gasteiger partial charge in [0.2, 0.25) is 0 Å². The Morgan fingerprint density at radius 3 is 2.33 bits per heavy atom. The maximum absolute atomic E-state index is 12.4. The van der Waals surface area contributed by atoms with E-state index in [1.165, 1.54) is 0 Å². The van der Waals surface area contributed by atoms with Crippen molar-refractivity contribution in [3.63, 3.8) is 0 Å². The number of carbonyl (C=O) groups is 2. The third-order valence-corrected chi connectivity index (χ3v) is 4.03. The molecule has 0 aromatic heterocycles. The van der Waals surface area contributed by atoms with Crippen LogP contribution >= 0.6 is 0 Å². The Hall–Kier alpha value is -3.40. The maximum atomic E-state index is 12.4. The molecule has 136 valence electrons. The van der Waals surface area contributed by atoms with Crippen LogP contribution in [0.25, 0.3) is 0 Å². The van der Waals surface area contributed by atoms with Gasteiger partial charge in [-0.15, -0.1) is 0 Å². The summed E-state index contributed by atoms with van der Waals surface area (Å²) in [6, 6.07) is 23.5. The second-order valence-electron chi connectivity index (χ2n) is 6.13. The minimum atomic E-state index is -0.515. The van der Waals surface area contributed by atoms with Crippen molar-refractivity contribution in [3.05, 3.63) is 101 Å². The van der Waals surface area contributed by atoms with Crippen LogP contribution in [0.4, 0.5) is 0 Å². The predicted octanol–water partition coefficient (Wildman–Crippen LogP) is 4.61. The highest BCUT2D eigenvalue weighted by atomic mass is 16.5. The van der Waals surface area contributed by atoms with E-state index in [1.807, 2.05) is 43.3 Å². The number of rotatable bonds is 6. The zero-order valence-corrected chi connectivity index (χ0v) is 15.1. The molecule has 0 fully saturated rings. The highest BCUT2D eigenvalue weighted by molar-refractivity contribution is 5.96. The highest BCUT2D eigenvalue weighted by Gasteiger charge is 2.17. The fourth-order valence-corrected chi connectivity index (χ4v) is 2.64. The number of hydrogen-bond acceptors (Lipinski definition) is 4. The first-order valence-electron chi connectivity index (χ1n) is 8.72. The van der Waals surface area contributed by atoms with Crippen LogP contribution in [0.1, 0.15) is 31.8 Å². The molecule has 3 aromatic carbocycles. The number of carbonyl (C=O) groups excluding carboxylic acids is 2. The minimum absolute atomic E-state index is 0.189. The zero-order valence-electron chi connectivity index (χ0n) is 15.1. The molecule has 0 amide bonds. The number of ether oxygens (including phenoxy) is 2. The Morgan fingerprint density at radius 2 is 1.56 bits per heavy atom. The molecule has 3 aromatic rings. The van der Waals surface area contributed by atoms with Crippen LogP contribution in [0.3, 0.4) is 0 Å². The van der Waals surface area contributed by atoms with Gasteiger partial charge in [-0.3, -0.25) is 0 Å². The average Bonchev–Trinajstić information content (AvgIpc) is 2.69. The summed E-state index contributed by atoms with van der Waals surface area (Å²) < 4.78 is 10.8. The van der Waals surface area contributed by atoms with E-state index in [1.54, 1.807) is 42.5 Å². The highest BCUT2D eigenvalue weighted by Crippen LogP contribution is 2.21. The standard InChI is InChI=1S/C23H20O4/c1-17-8-7-11-19(16-17)22(24)27-21-13-6-5-12-20(21)23(25)26-15-14-18-9-3-2-4-10-18/h2-13,16H,14-15H2,1H3. The van der Waals surface area contributed by atoms with Gasteiger partial charge < -0.3 is 9.47 Å². The second-order valence-corrected chi connectivity index (χ2v) is 6.13. The van der Waals surface area contributed by atoms with E-state index in [0.717, 1.165) is 11.1 Å². The van der Waals surface area contributed by atoms with E-state index in [2.05, 4.69) is 0 Å². The van der Waals surface area contributed by atoms with Gasteiger partial charge in [-0.05, 0) is 36.8 Å². The number of para-hydroxylation sites is 1. The molecule has 4 heteroatoms. The summed E-state index contributed by atoms with van der Waals surface area (Å²) in [5.74, 6) is -0.837. The van der Waals surface area contributed by atoms with Gasteiger partial charge in [0.15, 0.2) is 0 Å². The summed E-state index contributed by atoms with van der Waals surface area (Å²) in [4.78, 5) is 24.8. The Bertz CT molecular complexity index is 932. The molecular formula is C23H20O4. The number of aryl methyl sites for hydroxylation is 1. The van der Waals surface area contributed by atoms with Gasteiger partial charge in [0.25, 0.3) is 0 Å². The molecule has 3 rings (SSSR count). The molecule has 0 radical (unpaired) electrons. The molecule has 0 bridgehead atoms. The van der Waals surface area contributed by atoms with Gasteiger partial charge in [-0.1, -0.05) is 60.2 Å². The summed E-state index contributed by atoms with van der Waals surface area (Å²) in [7, 11) is 0. The van der Waals surface area contributed by atoms with Gasteiger partial charge in [0.1, 0.15) is 11.3 Å². The Kier molecular flexibility index (Phi) is 6.00. The summed E-state index contributed by atoms with van der Waals surface area (Å²) in [5, 5.41) is 0. The molecule has 0 atom stereocenters. The lowest BCUT2D eigenvalue weighted by molar-refractivity contribution is 0.0504. The molecule has 27 heavy (non-hydrogen) atoms. The fourth-order valence-electron chi connectivity index (χ4n) is 2.64. The Morgan fingerprint density at radius 1 is 0.815 bits per heavy atom. The van der Waals surface area contributed by atoms with Crippen molar-refractivity contribution in [1.82, 2.24) is 0 Å². The van der Waals surface area contributed by atoms with Crippen LogP contribution in [0.5, 0.6) is 5.75 Å². The van der Waals surface area contributed by atoms with Gasteiger partial charge in [0.05, 0.1) is 12.2 Å². The van der Waals surface area contributed by atoms with Crippen molar-refractivity contribution in [2.45, 2.75) is 13.3 Å². The van der Waals surface area contributed by atoms with Crippen LogP contribution in [-0.2, 0) is 11.2 Å². The molecule has 4 nitrogen and oxygen atoms in total. The largest absolute Gasteiger partial charge is 0.462 e. The zero-order chi connectivity index (χ0) is 19.1. The van der Waals surface area contributed by atoms with Crippen LogP contribution in [-0.4, -0.2) is 18.5 Å². The number of benzene rings is 3. The maximum Gasteiger partial charge on any atom is 0.343 e. The SMILES string of the molecule is Cc1cccc(C(=O)Oc2ccccc2C(=O)OCCc2ccccc2)c1. The molecule has 0 unspecified atom stereocenters. The minimum Gasteiger partial charge on any atom is -0.462 e. The molecule has 0 aliphatic carbocycles. The van der Waals surface area contributed by atoms with Crippen LogP contribution in [0.15, 0.2) is 78.9 Å². The summed E-state index contributed by atoms with van der Waals surface area (Å²) >= 11 is 0. The van der Waals surface area contributed by atoms with E-state index in [0.29, 0.717) is 12.0 Å². The monoisotopic (exact) mass is 360 g/mol. The molecule has 0 aliphatic heterocycles. The molecular weight excluding hydrogens is 340 g/mol. The lowest BCUT2D eigenvalue weighted by atomic mass is 10.1. The van der Waals surface area contributed by atoms with Gasteiger partial charge >= 0.3 is 11.9 Å². The Balaban J connectivity index is 1.66. The lowest BCUT2D eigenvalue weighted by Crippen LogP contribution is -2.14. The van der Waals surface area contributed by atoms with Crippen LogP contribution in [0.2, 0.25) is 0 Å². The molecule has 0 spiro atoms. The van der Waals surface area contributed by atoms with E-state index >= 15 is 0 Å². The average molecular weight is 360 g/mol. The lowest BCUT2D eigenvalue weighted by Gasteiger charge is -2.10. The van der Waals surface area contributed by atoms with Crippen LogP contribution < -0.4 is 4.74 Å². The smallest absolute Gasteiger partial charge is 0.343 e. The summed E-state index contributed by atoms with van der Waals surface area (Å²) in [6.07, 6.45) is 0.623. The van der Waals surface area contributed by atoms with E-state index in [9.17, 15) is 9.59 Å². The van der Waals surface area contributed by atoms with Gasteiger partial charge in [0, 0.05) is 6.42 Å². The van der Waals surface area contributed by atoms with Gasteiger partial charge in [-0.25, -0.2) is 9.59 Å². The second kappa shape index (κ2) is 8.81. The van der Waals surface area contributed by atoms with Crippen molar-refractivity contribution in [2.24, 2.45) is 0 Å². The third kappa shape index (κ3) is 5.05. The molecule has 0 saturated heterocycles.